The molecule has 1 aliphatic heterocycles. The number of nitrogens with zero attached hydrogens (tertiary/aromatic N) is 1. The summed E-state index contributed by atoms with van der Waals surface area (Å²) >= 11 is 0. The lowest BCUT2D eigenvalue weighted by Gasteiger charge is -2.15. The number of carbonyl (C=O) groups is 2. The molecule has 0 radical (unpaired) electrons. The third kappa shape index (κ3) is 3.09. The molecule has 3 aromatic rings. The molecule has 0 saturated carbocycles. The Labute approximate surface area is 150 Å². The fourth-order valence-electron chi connectivity index (χ4n) is 3.25. The molecule has 3 heterocycles. The van der Waals surface area contributed by atoms with E-state index in [4.69, 9.17) is 5.73 Å². The summed E-state index contributed by atoms with van der Waals surface area (Å²) in [7, 11) is 0. The van der Waals surface area contributed by atoms with Crippen molar-refractivity contribution in [3.63, 3.8) is 0 Å². The maximum absolute atomic E-state index is 12.0. The first-order chi connectivity index (χ1) is 12.6. The molecule has 4 N–H and O–H groups in total. The zero-order valence-electron chi connectivity index (χ0n) is 14.1. The molecular formula is C20H18N4O2. The van der Waals surface area contributed by atoms with Gasteiger partial charge in [0.05, 0.1) is 0 Å². The molecule has 0 unspecified atom stereocenters. The number of pyridine rings is 1. The van der Waals surface area contributed by atoms with E-state index in [1.165, 1.54) is 0 Å². The molecule has 0 spiro atoms. The number of aromatic nitrogens is 2. The first-order valence-electron chi connectivity index (χ1n) is 8.44. The van der Waals surface area contributed by atoms with Gasteiger partial charge in [0, 0.05) is 41.7 Å². The molecule has 2 amide bonds. The zero-order valence-corrected chi connectivity index (χ0v) is 14.1. The molecular weight excluding hydrogens is 328 g/mol. The predicted octanol–water partition coefficient (Wildman–Crippen LogP) is 2.56. The number of nitrogens with two attached hydrogens (primary N) is 1. The van der Waals surface area contributed by atoms with E-state index in [-0.39, 0.29) is 5.91 Å². The van der Waals surface area contributed by atoms with E-state index in [1.54, 1.807) is 12.3 Å². The number of H-pyrrole nitrogens is 1. The van der Waals surface area contributed by atoms with Crippen molar-refractivity contribution in [3.05, 3.63) is 65.0 Å². The number of nitrogens with one attached hydrogen (secondary N) is 2. The zero-order chi connectivity index (χ0) is 18.1. The number of rotatable bonds is 4. The monoisotopic (exact) mass is 346 g/mol. The quantitative estimate of drug-likeness (QED) is 0.633. The van der Waals surface area contributed by atoms with Crippen LogP contribution in [0.1, 0.15) is 23.1 Å². The number of aryl methyl sites for hydroxylation is 1. The lowest BCUT2D eigenvalue weighted by atomic mass is 10.00. The van der Waals surface area contributed by atoms with Crippen LogP contribution in [0, 0.1) is 0 Å². The van der Waals surface area contributed by atoms with E-state index < -0.39 is 5.91 Å². The van der Waals surface area contributed by atoms with Crippen LogP contribution in [0.4, 0.5) is 5.82 Å². The van der Waals surface area contributed by atoms with Gasteiger partial charge in [0.15, 0.2) is 0 Å². The Balaban J connectivity index is 1.66. The molecule has 0 saturated heterocycles. The molecule has 0 bridgehead atoms. The third-order valence-corrected chi connectivity index (χ3v) is 4.58. The minimum absolute atomic E-state index is 0.0227. The average molecular weight is 346 g/mol. The van der Waals surface area contributed by atoms with Crippen molar-refractivity contribution >= 4 is 34.6 Å². The lowest BCUT2D eigenvalue weighted by Crippen LogP contribution is -2.20. The molecule has 6 nitrogen and oxygen atoms in total. The van der Waals surface area contributed by atoms with Crippen molar-refractivity contribution in [2.45, 2.75) is 19.3 Å². The molecule has 4 rings (SSSR count). The van der Waals surface area contributed by atoms with Crippen LogP contribution in [0.25, 0.3) is 17.0 Å². The van der Waals surface area contributed by atoms with E-state index in [1.807, 2.05) is 36.5 Å². The van der Waals surface area contributed by atoms with E-state index >= 15 is 0 Å². The van der Waals surface area contributed by atoms with Crippen LogP contribution in [0.5, 0.6) is 0 Å². The summed E-state index contributed by atoms with van der Waals surface area (Å²) in [6.07, 6.45) is 6.84. The van der Waals surface area contributed by atoms with Gasteiger partial charge in [-0.1, -0.05) is 18.2 Å². The number of amides is 2. The largest absolute Gasteiger partial charge is 0.366 e. The maximum atomic E-state index is 12.0. The Morgan fingerprint density at radius 3 is 2.96 bits per heavy atom. The summed E-state index contributed by atoms with van der Waals surface area (Å²) in [5.74, 6) is 0.113. The number of benzene rings is 1. The second-order valence-corrected chi connectivity index (χ2v) is 6.39. The van der Waals surface area contributed by atoms with Crippen molar-refractivity contribution in [2.75, 3.05) is 5.32 Å². The van der Waals surface area contributed by atoms with Crippen LogP contribution >= 0.6 is 0 Å². The molecule has 0 aliphatic carbocycles. The fourth-order valence-corrected chi connectivity index (χ4v) is 3.25. The van der Waals surface area contributed by atoms with Gasteiger partial charge in [-0.15, -0.1) is 0 Å². The molecule has 130 valence electrons. The summed E-state index contributed by atoms with van der Waals surface area (Å²) in [6.45, 7) is 0. The van der Waals surface area contributed by atoms with Gasteiger partial charge in [-0.25, -0.2) is 4.98 Å². The Morgan fingerprint density at radius 1 is 1.27 bits per heavy atom. The smallest absolute Gasteiger partial charge is 0.244 e. The topological polar surface area (TPSA) is 101 Å². The number of para-hydroxylation sites is 1. The van der Waals surface area contributed by atoms with Crippen molar-refractivity contribution in [1.29, 1.82) is 0 Å². The normalized spacial score (nSPS) is 14.2. The number of anilines is 1. The van der Waals surface area contributed by atoms with Crippen LogP contribution in [0.2, 0.25) is 0 Å². The number of primary amides is 1. The van der Waals surface area contributed by atoms with Crippen LogP contribution in [-0.2, 0) is 22.4 Å². The van der Waals surface area contributed by atoms with Gasteiger partial charge in [-0.3, -0.25) is 9.59 Å². The predicted molar refractivity (Wildman–Crippen MR) is 100 cm³/mol. The minimum atomic E-state index is -0.457. The van der Waals surface area contributed by atoms with E-state index in [2.05, 4.69) is 15.3 Å². The second-order valence-electron chi connectivity index (χ2n) is 6.39. The number of carbonyl (C=O) groups excluding carboxylic acids is 2. The Morgan fingerprint density at radius 2 is 2.12 bits per heavy atom. The van der Waals surface area contributed by atoms with Gasteiger partial charge >= 0.3 is 0 Å². The Kier molecular flexibility index (Phi) is 4.01. The van der Waals surface area contributed by atoms with Crippen LogP contribution in [-0.4, -0.2) is 21.8 Å². The summed E-state index contributed by atoms with van der Waals surface area (Å²) in [5, 5.41) is 3.83. The minimum Gasteiger partial charge on any atom is -0.366 e. The summed E-state index contributed by atoms with van der Waals surface area (Å²) in [6, 6.07) is 9.89. The molecule has 0 atom stereocenters. The van der Waals surface area contributed by atoms with Gasteiger partial charge in [-0.05, 0) is 41.3 Å². The highest BCUT2D eigenvalue weighted by molar-refractivity contribution is 5.98. The third-order valence-electron chi connectivity index (χ3n) is 4.58. The summed E-state index contributed by atoms with van der Waals surface area (Å²) in [5.41, 5.74) is 9.93. The van der Waals surface area contributed by atoms with Crippen molar-refractivity contribution < 1.29 is 9.59 Å². The van der Waals surface area contributed by atoms with Gasteiger partial charge in [-0.2, -0.15) is 0 Å². The molecule has 1 aromatic carbocycles. The first-order valence-corrected chi connectivity index (χ1v) is 8.44. The van der Waals surface area contributed by atoms with Crippen molar-refractivity contribution in [1.82, 2.24) is 9.97 Å². The average Bonchev–Trinajstić information content (AvgIpc) is 3.04. The highest BCUT2D eigenvalue weighted by Crippen LogP contribution is 2.24. The maximum Gasteiger partial charge on any atom is 0.244 e. The SMILES string of the molecule is NC(=O)/C(=C\c1cnc2c(c1)CCC(=O)N2)Cc1c[nH]c2ccccc12. The highest BCUT2D eigenvalue weighted by Gasteiger charge is 2.16. The number of fused-ring (bicyclic) bond motifs is 2. The van der Waals surface area contributed by atoms with Crippen molar-refractivity contribution in [2.24, 2.45) is 5.73 Å². The Hall–Kier alpha value is -3.41. The molecule has 0 fully saturated rings. The number of aromatic amines is 1. The molecule has 26 heavy (non-hydrogen) atoms. The molecule has 1 aliphatic rings. The van der Waals surface area contributed by atoms with Gasteiger partial charge in [0.2, 0.25) is 11.8 Å². The summed E-state index contributed by atoms with van der Waals surface area (Å²) < 4.78 is 0. The number of hydrogen-bond donors (Lipinski definition) is 3. The van der Waals surface area contributed by atoms with Gasteiger partial charge in [0.1, 0.15) is 5.82 Å². The second kappa shape index (κ2) is 6.48. The van der Waals surface area contributed by atoms with Gasteiger partial charge in [0.25, 0.3) is 0 Å². The molecule has 6 heteroatoms. The lowest BCUT2D eigenvalue weighted by molar-refractivity contribution is -0.116. The van der Waals surface area contributed by atoms with E-state index in [0.717, 1.165) is 27.6 Å². The highest BCUT2D eigenvalue weighted by atomic mass is 16.2. The fraction of sp³-hybridized carbons (Fsp3) is 0.150. The molecule has 2 aromatic heterocycles. The number of hydrogen-bond acceptors (Lipinski definition) is 3. The summed E-state index contributed by atoms with van der Waals surface area (Å²) in [4.78, 5) is 30.9. The van der Waals surface area contributed by atoms with E-state index in [0.29, 0.717) is 30.7 Å². The van der Waals surface area contributed by atoms with Crippen LogP contribution < -0.4 is 11.1 Å². The van der Waals surface area contributed by atoms with Crippen molar-refractivity contribution in [3.8, 4) is 0 Å². The van der Waals surface area contributed by atoms with Crippen LogP contribution in [0.15, 0.2) is 48.3 Å². The first kappa shape index (κ1) is 16.1. The van der Waals surface area contributed by atoms with Crippen LogP contribution in [0.3, 0.4) is 0 Å². The standard InChI is InChI=1S/C20H18N4O2/c21-19(26)14(9-15-11-22-17-4-2-1-3-16(15)17)8-12-7-13-5-6-18(25)24-20(13)23-10-12/h1-4,7-8,10-11,22H,5-6,9H2,(H2,21,26)(H,23,24,25)/b14-8-. The van der Waals surface area contributed by atoms with Gasteiger partial charge < -0.3 is 16.0 Å². The van der Waals surface area contributed by atoms with E-state index in [9.17, 15) is 9.59 Å². The Bertz CT molecular complexity index is 1050.